The largest absolute Gasteiger partial charge is 0.0917 e. The van der Waals surface area contributed by atoms with Crippen molar-refractivity contribution in [2.24, 2.45) is 0 Å². The van der Waals surface area contributed by atoms with Crippen LogP contribution in [0.25, 0.3) is 0 Å². The van der Waals surface area contributed by atoms with Gasteiger partial charge in [-0.15, -0.1) is 0 Å². The van der Waals surface area contributed by atoms with E-state index in [1.165, 1.54) is 70.6 Å². The summed E-state index contributed by atoms with van der Waals surface area (Å²) in [6, 6.07) is 0. The molecule has 100 valence electrons. The molecule has 0 N–H and O–H groups in total. The summed E-state index contributed by atoms with van der Waals surface area (Å²) >= 11 is 0. The molecule has 0 radical (unpaired) electrons. The summed E-state index contributed by atoms with van der Waals surface area (Å²) in [7, 11) is 0. The Morgan fingerprint density at radius 3 is 1.53 bits per heavy atom. The minimum atomic E-state index is 1.27. The average Bonchev–Trinajstić information content (AvgIpc) is 2.35. The zero-order valence-electron chi connectivity index (χ0n) is 12.1. The zero-order valence-corrected chi connectivity index (χ0v) is 12.1. The van der Waals surface area contributed by atoms with E-state index >= 15 is 0 Å². The highest BCUT2D eigenvalue weighted by molar-refractivity contribution is 4.81. The minimum Gasteiger partial charge on any atom is -0.0917 e. The van der Waals surface area contributed by atoms with E-state index in [9.17, 15) is 0 Å². The van der Waals surface area contributed by atoms with Crippen molar-refractivity contribution in [2.45, 2.75) is 84.5 Å². The first-order valence-electron chi connectivity index (χ1n) is 7.68. The molecule has 0 nitrogen and oxygen atoms in total. The minimum absolute atomic E-state index is 1.27. The third-order valence-corrected chi connectivity index (χ3v) is 3.12. The Labute approximate surface area is 109 Å². The quantitative estimate of drug-likeness (QED) is 0.270. The third-order valence-electron chi connectivity index (χ3n) is 3.12. The molecule has 17 heavy (non-hydrogen) atoms. The smallest absolute Gasteiger partial charge is 0.0351 e. The summed E-state index contributed by atoms with van der Waals surface area (Å²) in [5, 5.41) is 0. The monoisotopic (exact) mass is 236 g/mol. The van der Waals surface area contributed by atoms with Crippen molar-refractivity contribution in [2.75, 3.05) is 0 Å². The SMILES string of the molecule is C/C=C/CCCCCC/C=C/CCCCCC. The number of unbranched alkanes of at least 4 members (excludes halogenated alkanes) is 9. The molecular formula is C17H32. The first kappa shape index (κ1) is 16.5. The molecule has 0 aromatic heterocycles. The first-order chi connectivity index (χ1) is 8.41. The number of hydrogen-bond acceptors (Lipinski definition) is 0. The summed E-state index contributed by atoms with van der Waals surface area (Å²) in [5.41, 5.74) is 0. The van der Waals surface area contributed by atoms with Gasteiger partial charge in [-0.05, 0) is 45.4 Å². The Hall–Kier alpha value is -0.520. The van der Waals surface area contributed by atoms with Crippen LogP contribution in [0.4, 0.5) is 0 Å². The highest BCUT2D eigenvalue weighted by Gasteiger charge is 1.88. The predicted molar refractivity (Wildman–Crippen MR) is 80.4 cm³/mol. The molecule has 0 aliphatic rings. The van der Waals surface area contributed by atoms with E-state index in [1.54, 1.807) is 0 Å². The second-order valence-electron chi connectivity index (χ2n) is 4.88. The molecule has 0 atom stereocenters. The lowest BCUT2D eigenvalue weighted by Gasteiger charge is -1.97. The van der Waals surface area contributed by atoms with Gasteiger partial charge in [-0.25, -0.2) is 0 Å². The van der Waals surface area contributed by atoms with Gasteiger partial charge in [0.05, 0.1) is 0 Å². The van der Waals surface area contributed by atoms with E-state index < -0.39 is 0 Å². The van der Waals surface area contributed by atoms with Crippen LogP contribution in [0.3, 0.4) is 0 Å². The van der Waals surface area contributed by atoms with Crippen molar-refractivity contribution in [3.8, 4) is 0 Å². The van der Waals surface area contributed by atoms with Crippen molar-refractivity contribution in [3.05, 3.63) is 24.3 Å². The summed E-state index contributed by atoms with van der Waals surface area (Å²) in [6.07, 6.45) is 24.1. The highest BCUT2D eigenvalue weighted by atomic mass is 13.9. The fraction of sp³-hybridized carbons (Fsp3) is 0.765. The molecule has 0 spiro atoms. The molecular weight excluding hydrogens is 204 g/mol. The first-order valence-corrected chi connectivity index (χ1v) is 7.68. The van der Waals surface area contributed by atoms with Crippen LogP contribution in [0.2, 0.25) is 0 Å². The Morgan fingerprint density at radius 1 is 0.588 bits per heavy atom. The predicted octanol–water partition coefficient (Wildman–Crippen LogP) is 6.43. The van der Waals surface area contributed by atoms with E-state index in [0.29, 0.717) is 0 Å². The van der Waals surface area contributed by atoms with Crippen molar-refractivity contribution in [1.82, 2.24) is 0 Å². The van der Waals surface area contributed by atoms with Crippen LogP contribution in [0.1, 0.15) is 84.5 Å². The molecule has 0 heterocycles. The molecule has 0 rings (SSSR count). The van der Waals surface area contributed by atoms with Gasteiger partial charge in [0, 0.05) is 0 Å². The molecule has 0 aromatic carbocycles. The molecule has 0 aliphatic carbocycles. The van der Waals surface area contributed by atoms with Gasteiger partial charge >= 0.3 is 0 Å². The second kappa shape index (κ2) is 15.5. The van der Waals surface area contributed by atoms with Gasteiger partial charge in [-0.2, -0.15) is 0 Å². The van der Waals surface area contributed by atoms with Crippen LogP contribution in [0.15, 0.2) is 24.3 Å². The summed E-state index contributed by atoms with van der Waals surface area (Å²) in [5.74, 6) is 0. The van der Waals surface area contributed by atoms with E-state index in [4.69, 9.17) is 0 Å². The van der Waals surface area contributed by atoms with Crippen molar-refractivity contribution < 1.29 is 0 Å². The fourth-order valence-corrected chi connectivity index (χ4v) is 1.97. The Bertz CT molecular complexity index is 176. The molecule has 0 bridgehead atoms. The van der Waals surface area contributed by atoms with Crippen LogP contribution < -0.4 is 0 Å². The van der Waals surface area contributed by atoms with E-state index in [-0.39, 0.29) is 0 Å². The maximum atomic E-state index is 2.39. The topological polar surface area (TPSA) is 0 Å². The highest BCUT2D eigenvalue weighted by Crippen LogP contribution is 2.07. The fourth-order valence-electron chi connectivity index (χ4n) is 1.97. The molecule has 0 unspecified atom stereocenters. The standard InChI is InChI=1S/C17H32/c1-3-5-7-9-11-13-15-17-16-14-12-10-8-6-4-2/h3,5,14,16H,4,6-13,15,17H2,1-2H3/b5-3+,16-14+. The maximum Gasteiger partial charge on any atom is -0.0351 e. The van der Waals surface area contributed by atoms with E-state index in [1.807, 2.05) is 0 Å². The van der Waals surface area contributed by atoms with Gasteiger partial charge in [0.1, 0.15) is 0 Å². The summed E-state index contributed by atoms with van der Waals surface area (Å²) in [4.78, 5) is 0. The lowest BCUT2D eigenvalue weighted by atomic mass is 10.1. The summed E-state index contributed by atoms with van der Waals surface area (Å²) in [6.45, 7) is 4.37. The van der Waals surface area contributed by atoms with Crippen molar-refractivity contribution >= 4 is 0 Å². The van der Waals surface area contributed by atoms with Crippen LogP contribution in [-0.4, -0.2) is 0 Å². The zero-order chi connectivity index (χ0) is 12.6. The van der Waals surface area contributed by atoms with E-state index in [2.05, 4.69) is 38.2 Å². The van der Waals surface area contributed by atoms with Crippen LogP contribution in [-0.2, 0) is 0 Å². The normalized spacial score (nSPS) is 11.9. The molecule has 0 heteroatoms. The molecule has 0 aliphatic heterocycles. The van der Waals surface area contributed by atoms with Crippen molar-refractivity contribution in [1.29, 1.82) is 0 Å². The molecule has 0 aromatic rings. The second-order valence-corrected chi connectivity index (χ2v) is 4.88. The van der Waals surface area contributed by atoms with Gasteiger partial charge in [-0.1, -0.05) is 63.3 Å². The molecule has 0 fully saturated rings. The lowest BCUT2D eigenvalue weighted by molar-refractivity contribution is 0.649. The summed E-state index contributed by atoms with van der Waals surface area (Å²) < 4.78 is 0. The van der Waals surface area contributed by atoms with Gasteiger partial charge in [0.2, 0.25) is 0 Å². The van der Waals surface area contributed by atoms with Crippen LogP contribution in [0.5, 0.6) is 0 Å². The van der Waals surface area contributed by atoms with E-state index in [0.717, 1.165) is 0 Å². The lowest BCUT2D eigenvalue weighted by Crippen LogP contribution is -1.77. The number of rotatable bonds is 12. The number of allylic oxidation sites excluding steroid dienone is 4. The Kier molecular flexibility index (Phi) is 15.0. The molecule has 0 saturated carbocycles. The van der Waals surface area contributed by atoms with Crippen molar-refractivity contribution in [3.63, 3.8) is 0 Å². The van der Waals surface area contributed by atoms with Gasteiger partial charge in [-0.3, -0.25) is 0 Å². The molecule has 0 amide bonds. The van der Waals surface area contributed by atoms with Gasteiger partial charge in [0.15, 0.2) is 0 Å². The number of hydrogen-bond donors (Lipinski definition) is 0. The van der Waals surface area contributed by atoms with Gasteiger partial charge < -0.3 is 0 Å². The van der Waals surface area contributed by atoms with Crippen LogP contribution in [0, 0.1) is 0 Å². The molecule has 0 saturated heterocycles. The third kappa shape index (κ3) is 15.5. The Morgan fingerprint density at radius 2 is 1.06 bits per heavy atom. The average molecular weight is 236 g/mol. The van der Waals surface area contributed by atoms with Crippen LogP contribution >= 0.6 is 0 Å². The Balaban J connectivity index is 3.03. The maximum absolute atomic E-state index is 2.39. The van der Waals surface area contributed by atoms with Gasteiger partial charge in [0.25, 0.3) is 0 Å².